The molecule has 3 heteroatoms. The molecule has 70 valence electrons. The zero-order chi connectivity index (χ0) is 9.14. The van der Waals surface area contributed by atoms with Gasteiger partial charge in [0.05, 0.1) is 13.1 Å². The first-order chi connectivity index (χ1) is 5.69. The molecule has 0 aliphatic heterocycles. The Kier molecular flexibility index (Phi) is 6.98. The van der Waals surface area contributed by atoms with E-state index >= 15 is 0 Å². The molecule has 0 heterocycles. The number of aryl methyl sites for hydroxylation is 2. The summed E-state index contributed by atoms with van der Waals surface area (Å²) in [6.07, 6.45) is 0. The van der Waals surface area contributed by atoms with Crippen molar-refractivity contribution in [3.63, 3.8) is 0 Å². The van der Waals surface area contributed by atoms with E-state index in [0.717, 1.165) is 11.1 Å². The Morgan fingerprint density at radius 2 is 1.79 bits per heavy atom. The van der Waals surface area contributed by atoms with Crippen LogP contribution in [-0.2, 0) is 21.1 Å². The molecule has 0 aliphatic rings. The van der Waals surface area contributed by atoms with Crippen LogP contribution in [0.1, 0.15) is 11.1 Å². The third kappa shape index (κ3) is 2.98. The van der Waals surface area contributed by atoms with E-state index in [-0.39, 0.29) is 28.5 Å². The molecule has 0 spiro atoms. The van der Waals surface area contributed by atoms with E-state index in [1.165, 1.54) is 0 Å². The second-order valence-corrected chi connectivity index (χ2v) is 2.56. The van der Waals surface area contributed by atoms with E-state index in [0.29, 0.717) is 11.4 Å². The molecule has 14 heavy (non-hydrogen) atoms. The molecular formula is C11H10N2W. The van der Waals surface area contributed by atoms with E-state index in [2.05, 4.69) is 15.8 Å². The van der Waals surface area contributed by atoms with Gasteiger partial charge in [0, 0.05) is 0 Å². The Bertz CT molecular complexity index is 397. The van der Waals surface area contributed by atoms with Crippen LogP contribution in [0.15, 0.2) is 6.07 Å². The topological polar surface area (TPSA) is 8.72 Å². The van der Waals surface area contributed by atoms with Crippen molar-refractivity contribution >= 4 is 11.4 Å². The van der Waals surface area contributed by atoms with Crippen LogP contribution in [0.2, 0.25) is 0 Å². The fourth-order valence-electron chi connectivity index (χ4n) is 1.08. The van der Waals surface area contributed by atoms with Crippen molar-refractivity contribution in [1.82, 2.24) is 0 Å². The van der Waals surface area contributed by atoms with Gasteiger partial charge in [0.15, 0.2) is 5.69 Å². The zero-order valence-electron chi connectivity index (χ0n) is 8.38. The molecule has 2 nitrogen and oxygen atoms in total. The third-order valence-corrected chi connectivity index (χ3v) is 1.57. The zero-order valence-corrected chi connectivity index (χ0v) is 11.3. The predicted octanol–water partition coefficient (Wildman–Crippen LogP) is 3.65. The van der Waals surface area contributed by atoms with Crippen LogP contribution in [-0.4, -0.2) is 0 Å². The normalized spacial score (nSPS) is 7.43. The van der Waals surface area contributed by atoms with Crippen molar-refractivity contribution in [3.05, 3.63) is 53.5 Å². The maximum Gasteiger partial charge on any atom is 2.00 e. The van der Waals surface area contributed by atoms with E-state index < -0.39 is 0 Å². The summed E-state index contributed by atoms with van der Waals surface area (Å²) in [5, 5.41) is 0. The molecule has 0 aromatic heterocycles. The van der Waals surface area contributed by atoms with Gasteiger partial charge in [-0.3, -0.25) is 9.69 Å². The first kappa shape index (κ1) is 15.4. The number of benzene rings is 1. The quantitative estimate of drug-likeness (QED) is 0.629. The predicted molar refractivity (Wildman–Crippen MR) is 53.7 cm³/mol. The molecule has 0 radical (unpaired) electrons. The van der Waals surface area contributed by atoms with Gasteiger partial charge >= 0.3 is 21.1 Å². The Hall–Kier alpha value is -1.11. The molecule has 0 saturated heterocycles. The summed E-state index contributed by atoms with van der Waals surface area (Å²) >= 11 is 0. The maximum absolute atomic E-state index is 6.86. The fourth-order valence-corrected chi connectivity index (χ4v) is 1.08. The Balaban J connectivity index is 0. The molecule has 1 aromatic rings. The van der Waals surface area contributed by atoms with Crippen LogP contribution in [0.3, 0.4) is 0 Å². The molecule has 0 unspecified atom stereocenters. The van der Waals surface area contributed by atoms with Crippen molar-refractivity contribution in [2.24, 2.45) is 0 Å². The average Bonchev–Trinajstić information content (AvgIpc) is 2.03. The van der Waals surface area contributed by atoms with Crippen LogP contribution >= 0.6 is 0 Å². The van der Waals surface area contributed by atoms with Gasteiger partial charge in [0.25, 0.3) is 0 Å². The number of rotatable bonds is 0. The molecule has 0 aliphatic carbocycles. The summed E-state index contributed by atoms with van der Waals surface area (Å²) in [4.78, 5) is 6.53. The van der Waals surface area contributed by atoms with Gasteiger partial charge in [-0.1, -0.05) is 13.8 Å². The van der Waals surface area contributed by atoms with Gasteiger partial charge in [0.1, 0.15) is 5.69 Å². The van der Waals surface area contributed by atoms with Crippen molar-refractivity contribution in [3.8, 4) is 0 Å². The van der Waals surface area contributed by atoms with Crippen LogP contribution in [0.4, 0.5) is 11.4 Å². The van der Waals surface area contributed by atoms with Crippen LogP contribution in [0, 0.1) is 40.5 Å². The molecule has 1 aromatic carbocycles. The average molecular weight is 354 g/mol. The second kappa shape index (κ2) is 6.36. The molecule has 0 N–H and O–H groups in total. The molecule has 0 amide bonds. The van der Waals surface area contributed by atoms with Gasteiger partial charge in [-0.25, -0.2) is 0 Å². The number of hydrogen-bond acceptors (Lipinski definition) is 0. The summed E-state index contributed by atoms with van der Waals surface area (Å²) in [7, 11) is 0. The minimum atomic E-state index is 0. The summed E-state index contributed by atoms with van der Waals surface area (Å²) in [5.41, 5.74) is 2.52. The van der Waals surface area contributed by atoms with Crippen LogP contribution in [0.5, 0.6) is 0 Å². The minimum Gasteiger partial charge on any atom is -0.358 e. The van der Waals surface area contributed by atoms with Crippen molar-refractivity contribution in [2.75, 3.05) is 0 Å². The fraction of sp³-hybridized carbons (Fsp3) is 0.182. The van der Waals surface area contributed by atoms with Crippen molar-refractivity contribution < 1.29 is 21.1 Å². The molecule has 0 fully saturated rings. The first-order valence-corrected chi connectivity index (χ1v) is 3.47. The van der Waals surface area contributed by atoms with E-state index in [1.54, 1.807) is 0 Å². The van der Waals surface area contributed by atoms with Gasteiger partial charge in [-0.05, 0) is 0 Å². The van der Waals surface area contributed by atoms with E-state index in [9.17, 15) is 0 Å². The smallest absolute Gasteiger partial charge is 0.358 e. The maximum atomic E-state index is 6.86. The number of nitrogens with zero attached hydrogens (tertiary/aromatic N) is 2. The van der Waals surface area contributed by atoms with E-state index in [1.807, 2.05) is 19.9 Å². The van der Waals surface area contributed by atoms with Crippen LogP contribution in [0.25, 0.3) is 9.69 Å². The molecule has 0 saturated carbocycles. The minimum absolute atomic E-state index is 0. The standard InChI is InChI=1S/C10H7N2.CH3.W/c1-7-5-8(2)10(12-4)9(6-7)11-3;;/h5H,1-2H3;1H3;/q2*-1;+2. The summed E-state index contributed by atoms with van der Waals surface area (Å²) in [5.74, 6) is 0. The number of hydrogen-bond donors (Lipinski definition) is 0. The van der Waals surface area contributed by atoms with Gasteiger partial charge < -0.3 is 7.43 Å². The largest absolute Gasteiger partial charge is 2.00 e. The Labute approximate surface area is 99.9 Å². The summed E-state index contributed by atoms with van der Waals surface area (Å²) in [6.45, 7) is 17.4. The third-order valence-electron chi connectivity index (χ3n) is 1.57. The molecule has 0 bridgehead atoms. The first-order valence-electron chi connectivity index (χ1n) is 3.47. The van der Waals surface area contributed by atoms with Crippen LogP contribution < -0.4 is 0 Å². The monoisotopic (exact) mass is 354 g/mol. The van der Waals surface area contributed by atoms with Gasteiger partial charge in [0.2, 0.25) is 0 Å². The van der Waals surface area contributed by atoms with E-state index in [4.69, 9.17) is 13.1 Å². The molecule has 1 rings (SSSR count). The SMILES string of the molecule is [C-]#[N+]c1[c-]c(C)cc(C)c1[N+]#[C-].[CH3-].[W+2]. The Morgan fingerprint density at radius 3 is 2.21 bits per heavy atom. The Morgan fingerprint density at radius 1 is 1.21 bits per heavy atom. The van der Waals surface area contributed by atoms with Crippen molar-refractivity contribution in [1.29, 1.82) is 0 Å². The molecular weight excluding hydrogens is 344 g/mol. The molecule has 0 atom stereocenters. The summed E-state index contributed by atoms with van der Waals surface area (Å²) < 4.78 is 0. The second-order valence-electron chi connectivity index (χ2n) is 2.56. The summed E-state index contributed by atoms with van der Waals surface area (Å²) in [6, 6.07) is 4.71. The van der Waals surface area contributed by atoms with Crippen molar-refractivity contribution in [2.45, 2.75) is 13.8 Å². The van der Waals surface area contributed by atoms with Gasteiger partial charge in [-0.2, -0.15) is 17.7 Å². The van der Waals surface area contributed by atoms with Gasteiger partial charge in [-0.15, -0.1) is 5.56 Å².